The molecule has 142 valence electrons. The standard InChI is InChI=1S/C19H25N7O/c1-13(2)27-19-16(22-10-14-6-4-3-5-7-14)8-17(25-26-19)24-18-12-21-15(9-20)11-23-18/h8,11-14H,3-7,10H2,1-2H3,(H2,22,23,24,25). The molecule has 0 spiro atoms. The lowest BCUT2D eigenvalue weighted by Gasteiger charge is -2.23. The summed E-state index contributed by atoms with van der Waals surface area (Å²) >= 11 is 0. The molecule has 0 aromatic carbocycles. The van der Waals surface area contributed by atoms with Crippen LogP contribution in [0.3, 0.4) is 0 Å². The summed E-state index contributed by atoms with van der Waals surface area (Å²) in [5.74, 6) is 2.22. The summed E-state index contributed by atoms with van der Waals surface area (Å²) in [5.41, 5.74) is 1.08. The third kappa shape index (κ3) is 5.51. The molecule has 27 heavy (non-hydrogen) atoms. The molecule has 3 rings (SSSR count). The second kappa shape index (κ2) is 9.12. The largest absolute Gasteiger partial charge is 0.472 e. The van der Waals surface area contributed by atoms with Gasteiger partial charge >= 0.3 is 0 Å². The number of nitriles is 1. The number of anilines is 3. The van der Waals surface area contributed by atoms with Crippen LogP contribution in [0.5, 0.6) is 5.88 Å². The van der Waals surface area contributed by atoms with Crippen LogP contribution in [-0.4, -0.2) is 32.8 Å². The molecule has 2 heterocycles. The van der Waals surface area contributed by atoms with Gasteiger partial charge in [-0.25, -0.2) is 9.97 Å². The van der Waals surface area contributed by atoms with Crippen LogP contribution in [-0.2, 0) is 0 Å². The number of hydrogen-bond donors (Lipinski definition) is 2. The molecule has 8 heteroatoms. The van der Waals surface area contributed by atoms with E-state index in [2.05, 4.69) is 30.8 Å². The number of hydrogen-bond acceptors (Lipinski definition) is 8. The van der Waals surface area contributed by atoms with Crippen LogP contribution in [0.4, 0.5) is 17.3 Å². The number of aromatic nitrogens is 4. The molecule has 0 radical (unpaired) electrons. The Kier molecular flexibility index (Phi) is 6.36. The van der Waals surface area contributed by atoms with E-state index < -0.39 is 0 Å². The van der Waals surface area contributed by atoms with Crippen molar-refractivity contribution >= 4 is 17.3 Å². The highest BCUT2D eigenvalue weighted by Gasteiger charge is 2.16. The van der Waals surface area contributed by atoms with Crippen LogP contribution in [0.15, 0.2) is 18.5 Å². The minimum atomic E-state index is 0.0118. The minimum Gasteiger partial charge on any atom is -0.472 e. The molecule has 1 aliphatic carbocycles. The Balaban J connectivity index is 1.73. The second-order valence-corrected chi connectivity index (χ2v) is 7.02. The maximum Gasteiger partial charge on any atom is 0.257 e. The lowest BCUT2D eigenvalue weighted by atomic mass is 9.89. The zero-order valence-corrected chi connectivity index (χ0v) is 15.8. The molecule has 0 amide bonds. The topological polar surface area (TPSA) is 109 Å². The van der Waals surface area contributed by atoms with Crippen molar-refractivity contribution in [3.63, 3.8) is 0 Å². The summed E-state index contributed by atoms with van der Waals surface area (Å²) in [6, 6.07) is 3.81. The van der Waals surface area contributed by atoms with Gasteiger partial charge in [-0.1, -0.05) is 19.3 Å². The van der Waals surface area contributed by atoms with Gasteiger partial charge in [-0.3, -0.25) is 0 Å². The Morgan fingerprint density at radius 1 is 1.15 bits per heavy atom. The highest BCUT2D eigenvalue weighted by molar-refractivity contribution is 5.61. The van der Waals surface area contributed by atoms with E-state index in [0.29, 0.717) is 23.4 Å². The lowest BCUT2D eigenvalue weighted by molar-refractivity contribution is 0.231. The Labute approximate surface area is 159 Å². The summed E-state index contributed by atoms with van der Waals surface area (Å²) in [7, 11) is 0. The van der Waals surface area contributed by atoms with E-state index in [-0.39, 0.29) is 11.8 Å². The van der Waals surface area contributed by atoms with Gasteiger partial charge in [0.15, 0.2) is 11.5 Å². The van der Waals surface area contributed by atoms with Crippen LogP contribution in [0.25, 0.3) is 0 Å². The molecule has 0 aliphatic heterocycles. The molecule has 2 aromatic heterocycles. The smallest absolute Gasteiger partial charge is 0.257 e. The monoisotopic (exact) mass is 367 g/mol. The lowest BCUT2D eigenvalue weighted by Crippen LogP contribution is -2.19. The van der Waals surface area contributed by atoms with E-state index in [9.17, 15) is 0 Å². The van der Waals surface area contributed by atoms with Crippen molar-refractivity contribution in [2.45, 2.75) is 52.1 Å². The summed E-state index contributed by atoms with van der Waals surface area (Å²) < 4.78 is 5.79. The van der Waals surface area contributed by atoms with Crippen molar-refractivity contribution < 1.29 is 4.74 Å². The van der Waals surface area contributed by atoms with E-state index in [1.165, 1.54) is 44.5 Å². The van der Waals surface area contributed by atoms with E-state index in [1.54, 1.807) is 0 Å². The fourth-order valence-electron chi connectivity index (χ4n) is 3.11. The van der Waals surface area contributed by atoms with Crippen molar-refractivity contribution in [1.29, 1.82) is 5.26 Å². The first-order chi connectivity index (χ1) is 13.1. The second-order valence-electron chi connectivity index (χ2n) is 7.02. The minimum absolute atomic E-state index is 0.0118. The average Bonchev–Trinajstić information content (AvgIpc) is 2.69. The molecule has 0 saturated heterocycles. The number of ether oxygens (including phenoxy) is 1. The van der Waals surface area contributed by atoms with Crippen LogP contribution in [0.1, 0.15) is 51.6 Å². The van der Waals surface area contributed by atoms with Gasteiger partial charge in [-0.15, -0.1) is 10.2 Å². The zero-order valence-electron chi connectivity index (χ0n) is 15.8. The Morgan fingerprint density at radius 2 is 1.96 bits per heavy atom. The van der Waals surface area contributed by atoms with Gasteiger partial charge in [-0.05, 0) is 32.6 Å². The number of nitrogens with one attached hydrogen (secondary N) is 2. The summed E-state index contributed by atoms with van der Waals surface area (Å²) in [6.45, 7) is 4.83. The molecule has 0 unspecified atom stereocenters. The zero-order chi connectivity index (χ0) is 19.1. The fraction of sp³-hybridized carbons (Fsp3) is 0.526. The predicted molar refractivity (Wildman–Crippen MR) is 103 cm³/mol. The SMILES string of the molecule is CC(C)Oc1nnc(Nc2cnc(C#N)cn2)cc1NCC1CCCCC1. The van der Waals surface area contributed by atoms with E-state index >= 15 is 0 Å². The molecule has 0 atom stereocenters. The summed E-state index contributed by atoms with van der Waals surface area (Å²) in [4.78, 5) is 8.14. The Bertz CT molecular complexity index is 780. The van der Waals surface area contributed by atoms with E-state index in [0.717, 1.165) is 12.2 Å². The molecular weight excluding hydrogens is 342 g/mol. The van der Waals surface area contributed by atoms with Gasteiger partial charge in [-0.2, -0.15) is 5.26 Å². The van der Waals surface area contributed by atoms with Gasteiger partial charge in [0.25, 0.3) is 5.88 Å². The molecule has 1 aliphatic rings. The fourth-order valence-corrected chi connectivity index (χ4v) is 3.11. The highest BCUT2D eigenvalue weighted by atomic mass is 16.5. The Morgan fingerprint density at radius 3 is 2.63 bits per heavy atom. The van der Waals surface area contributed by atoms with E-state index in [4.69, 9.17) is 10.00 Å². The Hall–Kier alpha value is -2.95. The average molecular weight is 367 g/mol. The van der Waals surface area contributed by atoms with Crippen molar-refractivity contribution in [3.8, 4) is 11.9 Å². The number of nitrogens with zero attached hydrogens (tertiary/aromatic N) is 5. The summed E-state index contributed by atoms with van der Waals surface area (Å²) in [6.07, 6.45) is 9.39. The van der Waals surface area contributed by atoms with Crippen molar-refractivity contribution in [1.82, 2.24) is 20.2 Å². The van der Waals surface area contributed by atoms with Gasteiger partial charge in [0.2, 0.25) is 0 Å². The van der Waals surface area contributed by atoms with Crippen LogP contribution in [0, 0.1) is 17.2 Å². The predicted octanol–water partition coefficient (Wildman–Crippen LogP) is 3.66. The third-order valence-electron chi connectivity index (χ3n) is 4.44. The normalized spacial score (nSPS) is 14.6. The maximum atomic E-state index is 8.81. The quantitative estimate of drug-likeness (QED) is 0.763. The van der Waals surface area contributed by atoms with Crippen molar-refractivity contribution in [2.24, 2.45) is 5.92 Å². The molecule has 1 saturated carbocycles. The molecule has 2 aromatic rings. The van der Waals surface area contributed by atoms with Crippen molar-refractivity contribution in [3.05, 3.63) is 24.2 Å². The molecule has 1 fully saturated rings. The first kappa shape index (κ1) is 18.8. The number of rotatable bonds is 7. The highest BCUT2D eigenvalue weighted by Crippen LogP contribution is 2.28. The van der Waals surface area contributed by atoms with Crippen molar-refractivity contribution in [2.75, 3.05) is 17.2 Å². The first-order valence-electron chi connectivity index (χ1n) is 9.41. The molecule has 2 N–H and O–H groups in total. The van der Waals surface area contributed by atoms with Gasteiger partial charge in [0.05, 0.1) is 18.5 Å². The molecule has 8 nitrogen and oxygen atoms in total. The maximum absolute atomic E-state index is 8.81. The molecular formula is C19H25N7O. The van der Waals surface area contributed by atoms with Gasteiger partial charge in [0, 0.05) is 12.6 Å². The van der Waals surface area contributed by atoms with Gasteiger partial charge in [0.1, 0.15) is 17.6 Å². The van der Waals surface area contributed by atoms with Crippen LogP contribution >= 0.6 is 0 Å². The first-order valence-corrected chi connectivity index (χ1v) is 9.41. The van der Waals surface area contributed by atoms with Crippen LogP contribution < -0.4 is 15.4 Å². The third-order valence-corrected chi connectivity index (χ3v) is 4.44. The summed E-state index contributed by atoms with van der Waals surface area (Å²) in [5, 5.41) is 23.7. The van der Waals surface area contributed by atoms with Gasteiger partial charge < -0.3 is 15.4 Å². The molecule has 0 bridgehead atoms. The van der Waals surface area contributed by atoms with E-state index in [1.807, 2.05) is 26.0 Å². The van der Waals surface area contributed by atoms with Crippen LogP contribution in [0.2, 0.25) is 0 Å².